The standard InChI is InChI=1S/C28H30BrN3O4/c1-28(2,3)30-27(34)25(17-20-10-5-4-6-11-20)31(19-21-12-9-14-23(29)16-21)26(33)18-22-13-7-8-15-24(22)32(35)36/h4-16,25H,17-19H2,1-3H3,(H,30,34)/t25-/m0/s1. The van der Waals surface area contributed by atoms with E-state index in [4.69, 9.17) is 0 Å². The van der Waals surface area contributed by atoms with E-state index in [0.29, 0.717) is 12.0 Å². The number of halogens is 1. The van der Waals surface area contributed by atoms with Gasteiger partial charge in [-0.05, 0) is 44.0 Å². The van der Waals surface area contributed by atoms with Gasteiger partial charge in [-0.15, -0.1) is 0 Å². The Kier molecular flexibility index (Phi) is 8.98. The lowest BCUT2D eigenvalue weighted by Gasteiger charge is -2.34. The molecule has 2 amide bonds. The molecule has 0 heterocycles. The lowest BCUT2D eigenvalue weighted by atomic mass is 9.99. The molecule has 1 atom stereocenters. The number of hydrogen-bond acceptors (Lipinski definition) is 4. The van der Waals surface area contributed by atoms with Crippen molar-refractivity contribution in [3.05, 3.63) is 110 Å². The summed E-state index contributed by atoms with van der Waals surface area (Å²) in [6.45, 7) is 5.84. The molecule has 36 heavy (non-hydrogen) atoms. The van der Waals surface area contributed by atoms with Crippen LogP contribution < -0.4 is 5.32 Å². The first kappa shape index (κ1) is 27.1. The minimum absolute atomic E-state index is 0.119. The summed E-state index contributed by atoms with van der Waals surface area (Å²) < 4.78 is 0.852. The van der Waals surface area contributed by atoms with Crippen LogP contribution in [0, 0.1) is 10.1 Å². The van der Waals surface area contributed by atoms with E-state index < -0.39 is 16.5 Å². The molecule has 0 aliphatic carbocycles. The molecule has 3 aromatic carbocycles. The summed E-state index contributed by atoms with van der Waals surface area (Å²) in [4.78, 5) is 40.0. The molecule has 0 bridgehead atoms. The van der Waals surface area contributed by atoms with Gasteiger partial charge in [0, 0.05) is 34.6 Å². The second kappa shape index (κ2) is 11.9. The predicted molar refractivity (Wildman–Crippen MR) is 143 cm³/mol. The Labute approximate surface area is 219 Å². The Morgan fingerprint density at radius 2 is 1.61 bits per heavy atom. The van der Waals surface area contributed by atoms with Crippen molar-refractivity contribution in [1.29, 1.82) is 0 Å². The smallest absolute Gasteiger partial charge is 0.273 e. The number of benzene rings is 3. The van der Waals surface area contributed by atoms with Crippen LogP contribution in [-0.2, 0) is 29.0 Å². The quantitative estimate of drug-likeness (QED) is 0.282. The van der Waals surface area contributed by atoms with E-state index in [-0.39, 0.29) is 30.5 Å². The first-order valence-electron chi connectivity index (χ1n) is 11.7. The van der Waals surface area contributed by atoms with Crippen molar-refractivity contribution in [1.82, 2.24) is 10.2 Å². The number of rotatable bonds is 9. The van der Waals surface area contributed by atoms with Gasteiger partial charge in [0.2, 0.25) is 11.8 Å². The van der Waals surface area contributed by atoms with Crippen molar-refractivity contribution < 1.29 is 14.5 Å². The van der Waals surface area contributed by atoms with E-state index in [9.17, 15) is 19.7 Å². The number of nitrogens with one attached hydrogen (secondary N) is 1. The number of carbonyl (C=O) groups excluding carboxylic acids is 2. The van der Waals surface area contributed by atoms with E-state index in [1.807, 2.05) is 75.4 Å². The Bertz CT molecular complexity index is 1220. The Balaban J connectivity index is 2.03. The van der Waals surface area contributed by atoms with Crippen molar-refractivity contribution in [2.45, 2.75) is 51.7 Å². The highest BCUT2D eigenvalue weighted by Gasteiger charge is 2.33. The van der Waals surface area contributed by atoms with Crippen LogP contribution in [-0.4, -0.2) is 33.2 Å². The molecule has 1 N–H and O–H groups in total. The molecule has 3 aromatic rings. The molecule has 3 rings (SSSR count). The van der Waals surface area contributed by atoms with Crippen LogP contribution >= 0.6 is 15.9 Å². The highest BCUT2D eigenvalue weighted by molar-refractivity contribution is 9.10. The maximum absolute atomic E-state index is 13.8. The van der Waals surface area contributed by atoms with E-state index in [0.717, 1.165) is 15.6 Å². The van der Waals surface area contributed by atoms with Crippen molar-refractivity contribution in [2.24, 2.45) is 0 Å². The topological polar surface area (TPSA) is 92.6 Å². The maximum atomic E-state index is 13.8. The summed E-state index contributed by atoms with van der Waals surface area (Å²) >= 11 is 3.47. The van der Waals surface area contributed by atoms with Gasteiger partial charge in [0.05, 0.1) is 11.3 Å². The summed E-state index contributed by atoms with van der Waals surface area (Å²) in [5.74, 6) is -0.647. The molecular formula is C28H30BrN3O4. The molecule has 0 aliphatic rings. The summed E-state index contributed by atoms with van der Waals surface area (Å²) in [6, 6.07) is 22.4. The number of nitrogens with zero attached hydrogens (tertiary/aromatic N) is 2. The van der Waals surface area contributed by atoms with Crippen LogP contribution in [0.2, 0.25) is 0 Å². The zero-order valence-corrected chi connectivity index (χ0v) is 22.2. The van der Waals surface area contributed by atoms with E-state index >= 15 is 0 Å². The van der Waals surface area contributed by atoms with Crippen LogP contribution in [0.25, 0.3) is 0 Å². The molecule has 0 spiro atoms. The molecule has 8 heteroatoms. The molecule has 0 saturated carbocycles. The summed E-state index contributed by atoms with van der Waals surface area (Å²) in [6.07, 6.45) is 0.110. The number of carbonyl (C=O) groups is 2. The van der Waals surface area contributed by atoms with Gasteiger partial charge >= 0.3 is 0 Å². The number of nitro benzene ring substituents is 1. The molecule has 0 radical (unpaired) electrons. The molecule has 0 saturated heterocycles. The summed E-state index contributed by atoms with van der Waals surface area (Å²) in [7, 11) is 0. The Morgan fingerprint density at radius 1 is 0.972 bits per heavy atom. The molecule has 7 nitrogen and oxygen atoms in total. The van der Waals surface area contributed by atoms with Crippen molar-refractivity contribution >= 4 is 33.4 Å². The minimum atomic E-state index is -0.819. The van der Waals surface area contributed by atoms with Crippen molar-refractivity contribution in [3.63, 3.8) is 0 Å². The fraction of sp³-hybridized carbons (Fsp3) is 0.286. The van der Waals surface area contributed by atoms with Gasteiger partial charge < -0.3 is 10.2 Å². The zero-order chi connectivity index (χ0) is 26.3. The van der Waals surface area contributed by atoms with Crippen LogP contribution in [0.5, 0.6) is 0 Å². The fourth-order valence-corrected chi connectivity index (χ4v) is 4.39. The summed E-state index contributed by atoms with van der Waals surface area (Å²) in [5.41, 5.74) is 1.42. The van der Waals surface area contributed by atoms with E-state index in [2.05, 4.69) is 21.2 Å². The molecule has 188 valence electrons. The molecule has 0 aromatic heterocycles. The van der Waals surface area contributed by atoms with Gasteiger partial charge in [-0.25, -0.2) is 0 Å². The van der Waals surface area contributed by atoms with Gasteiger partial charge in [-0.2, -0.15) is 0 Å². The monoisotopic (exact) mass is 551 g/mol. The maximum Gasteiger partial charge on any atom is 0.273 e. The third-order valence-electron chi connectivity index (χ3n) is 5.54. The number of nitro groups is 1. The van der Waals surface area contributed by atoms with Crippen LogP contribution in [0.15, 0.2) is 83.3 Å². The number of para-hydroxylation sites is 1. The third-order valence-corrected chi connectivity index (χ3v) is 6.03. The number of amides is 2. The average molecular weight is 552 g/mol. The lowest BCUT2D eigenvalue weighted by molar-refractivity contribution is -0.385. The first-order valence-corrected chi connectivity index (χ1v) is 12.4. The SMILES string of the molecule is CC(C)(C)NC(=O)[C@H](Cc1ccccc1)N(Cc1cccc(Br)c1)C(=O)Cc1ccccc1[N+](=O)[O-]. The number of hydrogen-bond donors (Lipinski definition) is 1. The van der Waals surface area contributed by atoms with Crippen molar-refractivity contribution in [3.8, 4) is 0 Å². The zero-order valence-electron chi connectivity index (χ0n) is 20.6. The predicted octanol–water partition coefficient (Wildman–Crippen LogP) is 5.45. The Morgan fingerprint density at radius 3 is 2.25 bits per heavy atom. The van der Waals surface area contributed by atoms with E-state index in [1.165, 1.54) is 11.0 Å². The van der Waals surface area contributed by atoms with Gasteiger partial charge in [0.25, 0.3) is 5.69 Å². The largest absolute Gasteiger partial charge is 0.350 e. The second-order valence-electron chi connectivity index (χ2n) is 9.66. The Hall–Kier alpha value is -3.52. The van der Waals surface area contributed by atoms with Gasteiger partial charge in [-0.3, -0.25) is 19.7 Å². The first-order chi connectivity index (χ1) is 17.0. The van der Waals surface area contributed by atoms with Crippen LogP contribution in [0.3, 0.4) is 0 Å². The highest BCUT2D eigenvalue weighted by Crippen LogP contribution is 2.23. The van der Waals surface area contributed by atoms with Gasteiger partial charge in [0.15, 0.2) is 0 Å². The molecule has 0 fully saturated rings. The molecular weight excluding hydrogens is 522 g/mol. The van der Waals surface area contributed by atoms with Crippen LogP contribution in [0.1, 0.15) is 37.5 Å². The molecule has 0 unspecified atom stereocenters. The summed E-state index contributed by atoms with van der Waals surface area (Å²) in [5, 5.41) is 14.6. The minimum Gasteiger partial charge on any atom is -0.350 e. The van der Waals surface area contributed by atoms with Crippen LogP contribution in [0.4, 0.5) is 5.69 Å². The molecule has 0 aliphatic heterocycles. The fourth-order valence-electron chi connectivity index (χ4n) is 3.94. The highest BCUT2D eigenvalue weighted by atomic mass is 79.9. The third kappa shape index (κ3) is 7.75. The average Bonchev–Trinajstić information content (AvgIpc) is 2.81. The second-order valence-corrected chi connectivity index (χ2v) is 10.6. The van der Waals surface area contributed by atoms with E-state index in [1.54, 1.807) is 18.2 Å². The van der Waals surface area contributed by atoms with Gasteiger partial charge in [-0.1, -0.05) is 76.6 Å². The lowest BCUT2D eigenvalue weighted by Crippen LogP contribution is -2.54. The van der Waals surface area contributed by atoms with Crippen molar-refractivity contribution in [2.75, 3.05) is 0 Å². The van der Waals surface area contributed by atoms with Gasteiger partial charge in [0.1, 0.15) is 6.04 Å². The normalized spacial score (nSPS) is 12.0.